The van der Waals surface area contributed by atoms with Gasteiger partial charge >= 0.3 is 0 Å². The van der Waals surface area contributed by atoms with E-state index in [9.17, 15) is 0 Å². The van der Waals surface area contributed by atoms with Crippen molar-refractivity contribution in [3.63, 3.8) is 0 Å². The second kappa shape index (κ2) is 11.7. The Kier molecular flexibility index (Phi) is 10.2. The van der Waals surface area contributed by atoms with Crippen LogP contribution in [0.5, 0.6) is 0 Å². The van der Waals surface area contributed by atoms with Crippen molar-refractivity contribution < 1.29 is 4.74 Å². The summed E-state index contributed by atoms with van der Waals surface area (Å²) in [5, 5.41) is 3.37. The summed E-state index contributed by atoms with van der Waals surface area (Å²) in [5.74, 6) is 1.83. The Labute approximate surface area is 137 Å². The Morgan fingerprint density at radius 1 is 1.18 bits per heavy atom. The van der Waals surface area contributed by atoms with Crippen molar-refractivity contribution in [2.45, 2.75) is 40.0 Å². The topological polar surface area (TPSA) is 40.1 Å². The first kappa shape index (κ1) is 19.2. The molecule has 1 fully saturated rings. The molecular formula is C17H36N4O. The van der Waals surface area contributed by atoms with Crippen LogP contribution in [0.15, 0.2) is 4.99 Å². The molecule has 0 aliphatic heterocycles. The van der Waals surface area contributed by atoms with Crippen LogP contribution in [-0.4, -0.2) is 75.3 Å². The van der Waals surface area contributed by atoms with E-state index in [2.05, 4.69) is 42.9 Å². The van der Waals surface area contributed by atoms with Gasteiger partial charge in [0, 0.05) is 33.3 Å². The largest absolute Gasteiger partial charge is 0.379 e. The van der Waals surface area contributed by atoms with Crippen LogP contribution in [0.2, 0.25) is 0 Å². The molecule has 0 saturated heterocycles. The van der Waals surface area contributed by atoms with Crippen molar-refractivity contribution in [2.75, 3.05) is 59.5 Å². The molecule has 0 amide bonds. The zero-order valence-electron chi connectivity index (χ0n) is 15.1. The van der Waals surface area contributed by atoms with Crippen molar-refractivity contribution >= 4 is 5.96 Å². The Balaban J connectivity index is 2.28. The fourth-order valence-electron chi connectivity index (χ4n) is 2.35. The molecule has 0 aromatic heterocycles. The average Bonchev–Trinajstić information content (AvgIpc) is 3.33. The second-order valence-corrected chi connectivity index (χ2v) is 6.11. The molecule has 0 aromatic carbocycles. The van der Waals surface area contributed by atoms with Gasteiger partial charge in [-0.05, 0) is 45.2 Å². The van der Waals surface area contributed by atoms with E-state index < -0.39 is 0 Å². The van der Waals surface area contributed by atoms with Gasteiger partial charge in [0.2, 0.25) is 0 Å². The number of nitrogens with zero attached hydrogens (tertiary/aromatic N) is 3. The minimum Gasteiger partial charge on any atom is -0.379 e. The summed E-state index contributed by atoms with van der Waals surface area (Å²) >= 11 is 0. The molecule has 1 saturated carbocycles. The molecule has 5 nitrogen and oxygen atoms in total. The summed E-state index contributed by atoms with van der Waals surface area (Å²) < 4.78 is 5.72. The number of ether oxygens (including phenoxy) is 1. The highest BCUT2D eigenvalue weighted by molar-refractivity contribution is 5.79. The summed E-state index contributed by atoms with van der Waals surface area (Å²) in [7, 11) is 2.09. The van der Waals surface area contributed by atoms with Crippen LogP contribution in [-0.2, 0) is 4.74 Å². The van der Waals surface area contributed by atoms with Crippen LogP contribution in [0.1, 0.15) is 40.0 Å². The lowest BCUT2D eigenvalue weighted by molar-refractivity contribution is 0.115. The maximum absolute atomic E-state index is 5.72. The molecule has 130 valence electrons. The monoisotopic (exact) mass is 312 g/mol. The number of hydrogen-bond donors (Lipinski definition) is 1. The van der Waals surface area contributed by atoms with E-state index in [1.165, 1.54) is 19.3 Å². The number of aliphatic imine (C=N–C) groups is 1. The molecule has 1 aliphatic carbocycles. The minimum absolute atomic E-state index is 0.786. The van der Waals surface area contributed by atoms with Gasteiger partial charge in [0.25, 0.3) is 0 Å². The average molecular weight is 313 g/mol. The first-order valence-electron chi connectivity index (χ1n) is 9.00. The minimum atomic E-state index is 0.786. The molecule has 0 radical (unpaired) electrons. The highest BCUT2D eigenvalue weighted by atomic mass is 16.5. The molecule has 0 aromatic rings. The van der Waals surface area contributed by atoms with Gasteiger partial charge in [-0.25, -0.2) is 0 Å². The lowest BCUT2D eigenvalue weighted by Gasteiger charge is -2.23. The van der Waals surface area contributed by atoms with Gasteiger partial charge in [0.05, 0.1) is 13.2 Å². The standard InChI is InChI=1S/C17H36N4O/c1-5-11-21(7-3)12-10-19-17(18-6-2)20(4)13-14-22-15-16-8-9-16/h16H,5-15H2,1-4H3,(H,18,19). The molecule has 22 heavy (non-hydrogen) atoms. The van der Waals surface area contributed by atoms with E-state index >= 15 is 0 Å². The van der Waals surface area contributed by atoms with E-state index in [1.807, 2.05) is 0 Å². The third-order valence-electron chi connectivity index (χ3n) is 3.98. The molecule has 1 N–H and O–H groups in total. The highest BCUT2D eigenvalue weighted by Gasteiger charge is 2.21. The quantitative estimate of drug-likeness (QED) is 0.340. The van der Waals surface area contributed by atoms with Crippen LogP contribution in [0, 0.1) is 5.92 Å². The summed E-state index contributed by atoms with van der Waals surface area (Å²) in [5.41, 5.74) is 0. The fourth-order valence-corrected chi connectivity index (χ4v) is 2.35. The Bertz CT molecular complexity index is 305. The van der Waals surface area contributed by atoms with E-state index in [-0.39, 0.29) is 0 Å². The zero-order valence-corrected chi connectivity index (χ0v) is 15.1. The highest BCUT2D eigenvalue weighted by Crippen LogP contribution is 2.28. The second-order valence-electron chi connectivity index (χ2n) is 6.11. The smallest absolute Gasteiger partial charge is 0.193 e. The van der Waals surface area contributed by atoms with E-state index in [1.54, 1.807) is 0 Å². The molecule has 0 bridgehead atoms. The van der Waals surface area contributed by atoms with E-state index in [4.69, 9.17) is 9.73 Å². The lowest BCUT2D eigenvalue weighted by atomic mass is 10.4. The number of rotatable bonds is 12. The van der Waals surface area contributed by atoms with Gasteiger partial charge in [-0.3, -0.25) is 4.99 Å². The molecule has 1 rings (SSSR count). The lowest BCUT2D eigenvalue weighted by Crippen LogP contribution is -2.41. The Morgan fingerprint density at radius 3 is 2.55 bits per heavy atom. The molecule has 1 aliphatic rings. The van der Waals surface area contributed by atoms with Crippen LogP contribution in [0.3, 0.4) is 0 Å². The van der Waals surface area contributed by atoms with Gasteiger partial charge < -0.3 is 19.9 Å². The molecule has 5 heteroatoms. The summed E-state index contributed by atoms with van der Waals surface area (Å²) in [4.78, 5) is 9.37. The summed E-state index contributed by atoms with van der Waals surface area (Å²) in [6, 6.07) is 0. The van der Waals surface area contributed by atoms with Crippen LogP contribution in [0.4, 0.5) is 0 Å². The predicted molar refractivity (Wildman–Crippen MR) is 94.6 cm³/mol. The van der Waals surface area contributed by atoms with E-state index in [0.29, 0.717) is 0 Å². The normalized spacial score (nSPS) is 15.4. The SMILES string of the molecule is CCCN(CC)CCN=C(NCC)N(C)CCOCC1CC1. The Hall–Kier alpha value is -0.810. The first-order valence-corrected chi connectivity index (χ1v) is 9.00. The third kappa shape index (κ3) is 8.59. The number of likely N-dealkylation sites (N-methyl/N-ethyl adjacent to an activating group) is 2. The summed E-state index contributed by atoms with van der Waals surface area (Å²) in [6.07, 6.45) is 3.91. The maximum Gasteiger partial charge on any atom is 0.193 e. The molecule has 0 atom stereocenters. The predicted octanol–water partition coefficient (Wildman–Crippen LogP) is 2.04. The van der Waals surface area contributed by atoms with Gasteiger partial charge in [0.1, 0.15) is 0 Å². The van der Waals surface area contributed by atoms with Crippen LogP contribution < -0.4 is 5.32 Å². The van der Waals surface area contributed by atoms with Gasteiger partial charge in [-0.1, -0.05) is 13.8 Å². The number of guanidine groups is 1. The molecule has 0 unspecified atom stereocenters. The molecular weight excluding hydrogens is 276 g/mol. The fraction of sp³-hybridized carbons (Fsp3) is 0.941. The van der Waals surface area contributed by atoms with Crippen LogP contribution in [0.25, 0.3) is 0 Å². The van der Waals surface area contributed by atoms with Gasteiger partial charge in [0.15, 0.2) is 5.96 Å². The molecule has 0 heterocycles. The van der Waals surface area contributed by atoms with Crippen molar-refractivity contribution in [3.8, 4) is 0 Å². The number of hydrogen-bond acceptors (Lipinski definition) is 3. The van der Waals surface area contributed by atoms with Crippen molar-refractivity contribution in [3.05, 3.63) is 0 Å². The first-order chi connectivity index (χ1) is 10.7. The van der Waals surface area contributed by atoms with Crippen LogP contribution >= 0.6 is 0 Å². The third-order valence-corrected chi connectivity index (χ3v) is 3.98. The Morgan fingerprint density at radius 2 is 1.95 bits per heavy atom. The molecule has 0 spiro atoms. The zero-order chi connectivity index (χ0) is 16.2. The van der Waals surface area contributed by atoms with Gasteiger partial charge in [-0.15, -0.1) is 0 Å². The van der Waals surface area contributed by atoms with E-state index in [0.717, 1.165) is 64.4 Å². The summed E-state index contributed by atoms with van der Waals surface area (Å²) in [6.45, 7) is 14.2. The van der Waals surface area contributed by atoms with Crippen molar-refractivity contribution in [1.82, 2.24) is 15.1 Å². The van der Waals surface area contributed by atoms with Gasteiger partial charge in [-0.2, -0.15) is 0 Å². The number of nitrogens with one attached hydrogen (secondary N) is 1. The maximum atomic E-state index is 5.72. The van der Waals surface area contributed by atoms with Crippen molar-refractivity contribution in [1.29, 1.82) is 0 Å². The van der Waals surface area contributed by atoms with Crippen molar-refractivity contribution in [2.24, 2.45) is 10.9 Å².